The van der Waals surface area contributed by atoms with Crippen LogP contribution in [0.4, 0.5) is 11.6 Å². The van der Waals surface area contributed by atoms with E-state index in [9.17, 15) is 0 Å². The molecule has 6 heteroatoms. The van der Waals surface area contributed by atoms with Crippen molar-refractivity contribution < 1.29 is 0 Å². The summed E-state index contributed by atoms with van der Waals surface area (Å²) >= 11 is 5.85. The van der Waals surface area contributed by atoms with Crippen molar-refractivity contribution in [2.24, 2.45) is 0 Å². The van der Waals surface area contributed by atoms with Gasteiger partial charge in [0.15, 0.2) is 0 Å². The van der Waals surface area contributed by atoms with Crippen LogP contribution in [-0.2, 0) is 6.42 Å². The summed E-state index contributed by atoms with van der Waals surface area (Å²) in [7, 11) is 0. The molecule has 1 aliphatic heterocycles. The average molecular weight is 317 g/mol. The zero-order valence-electron chi connectivity index (χ0n) is 12.5. The van der Waals surface area contributed by atoms with Crippen LogP contribution in [-0.4, -0.2) is 27.5 Å². The van der Waals surface area contributed by atoms with Gasteiger partial charge in [-0.2, -0.15) is 0 Å². The van der Waals surface area contributed by atoms with Crippen molar-refractivity contribution >= 4 is 23.2 Å². The second-order valence-corrected chi connectivity index (χ2v) is 5.87. The maximum atomic E-state index is 5.85. The minimum atomic E-state index is 0.233. The zero-order valence-corrected chi connectivity index (χ0v) is 13.3. The summed E-state index contributed by atoms with van der Waals surface area (Å²) in [4.78, 5) is 12.7. The van der Waals surface area contributed by atoms with Gasteiger partial charge in [-0.05, 0) is 37.8 Å². The molecule has 0 saturated heterocycles. The van der Waals surface area contributed by atoms with Crippen molar-refractivity contribution in [3.63, 3.8) is 0 Å². The van der Waals surface area contributed by atoms with Crippen LogP contribution in [0.5, 0.6) is 0 Å². The molecule has 115 valence electrons. The molecule has 0 aromatic carbocycles. The Hall–Kier alpha value is -1.88. The third kappa shape index (κ3) is 3.85. The predicted molar refractivity (Wildman–Crippen MR) is 89.2 cm³/mol. The minimum absolute atomic E-state index is 0.233. The van der Waals surface area contributed by atoms with Gasteiger partial charge in [-0.15, -0.1) is 0 Å². The molecular weight excluding hydrogens is 298 g/mol. The van der Waals surface area contributed by atoms with E-state index < -0.39 is 0 Å². The fourth-order valence-electron chi connectivity index (χ4n) is 2.48. The lowest BCUT2D eigenvalue weighted by Gasteiger charge is -2.18. The van der Waals surface area contributed by atoms with Crippen LogP contribution in [0.2, 0.25) is 5.15 Å². The van der Waals surface area contributed by atoms with E-state index >= 15 is 0 Å². The van der Waals surface area contributed by atoms with Gasteiger partial charge in [-0.3, -0.25) is 0 Å². The Bertz CT molecular complexity index is 646. The Morgan fingerprint density at radius 3 is 3.18 bits per heavy atom. The van der Waals surface area contributed by atoms with Crippen molar-refractivity contribution in [1.29, 1.82) is 0 Å². The Labute approximate surface area is 135 Å². The SMILES string of the molecule is C[C@@H](C[CH]c1ccc2c(n1)NCCC2)Nc1cc(Cl)ncn1. The zero-order chi connectivity index (χ0) is 15.4. The van der Waals surface area contributed by atoms with Crippen LogP contribution in [0, 0.1) is 6.42 Å². The molecule has 0 amide bonds. The van der Waals surface area contributed by atoms with Gasteiger partial charge >= 0.3 is 0 Å². The number of pyridine rings is 1. The van der Waals surface area contributed by atoms with Gasteiger partial charge in [0.25, 0.3) is 0 Å². The standard InChI is InChI=1S/C16H19ClN5/c1-11(21-15-9-14(17)19-10-20-15)4-6-13-7-5-12-3-2-8-18-16(12)22-13/h5-7,9-11H,2-4,8H2,1H3,(H,18,22)(H,19,20,21)/t11-/m0/s1. The highest BCUT2D eigenvalue weighted by atomic mass is 35.5. The van der Waals surface area contributed by atoms with E-state index in [-0.39, 0.29) is 6.04 Å². The van der Waals surface area contributed by atoms with Crippen molar-refractivity contribution in [3.05, 3.63) is 47.4 Å². The molecule has 22 heavy (non-hydrogen) atoms. The summed E-state index contributed by atoms with van der Waals surface area (Å²) in [5, 5.41) is 7.10. The fourth-order valence-corrected chi connectivity index (χ4v) is 2.63. The molecule has 0 saturated carbocycles. The second kappa shape index (κ2) is 6.92. The lowest BCUT2D eigenvalue weighted by Crippen LogP contribution is -2.17. The third-order valence-electron chi connectivity index (χ3n) is 3.62. The molecule has 3 heterocycles. The average Bonchev–Trinajstić information content (AvgIpc) is 2.53. The number of rotatable bonds is 5. The normalized spacial score (nSPS) is 14.8. The number of nitrogens with one attached hydrogen (secondary N) is 2. The number of halogens is 1. The van der Waals surface area contributed by atoms with Gasteiger partial charge in [-0.1, -0.05) is 17.7 Å². The second-order valence-electron chi connectivity index (χ2n) is 5.49. The smallest absolute Gasteiger partial charge is 0.134 e. The number of hydrogen-bond donors (Lipinski definition) is 2. The Morgan fingerprint density at radius 2 is 2.32 bits per heavy atom. The summed E-state index contributed by atoms with van der Waals surface area (Å²) in [6, 6.07) is 6.21. The lowest BCUT2D eigenvalue weighted by atomic mass is 10.1. The largest absolute Gasteiger partial charge is 0.370 e. The molecule has 2 aromatic heterocycles. The van der Waals surface area contributed by atoms with Gasteiger partial charge in [0.1, 0.15) is 23.1 Å². The molecule has 0 bridgehead atoms. The van der Waals surface area contributed by atoms with E-state index in [4.69, 9.17) is 11.6 Å². The van der Waals surface area contributed by atoms with Crippen LogP contribution in [0.15, 0.2) is 24.5 Å². The fraction of sp³-hybridized carbons (Fsp3) is 0.375. The molecule has 0 fully saturated rings. The molecule has 1 atom stereocenters. The maximum absolute atomic E-state index is 5.85. The molecule has 1 radical (unpaired) electrons. The number of anilines is 2. The van der Waals surface area contributed by atoms with Crippen LogP contribution in [0.25, 0.3) is 0 Å². The number of hydrogen-bond acceptors (Lipinski definition) is 5. The molecule has 0 unspecified atom stereocenters. The quantitative estimate of drug-likeness (QED) is 0.828. The van der Waals surface area contributed by atoms with Gasteiger partial charge < -0.3 is 10.6 Å². The number of nitrogens with zero attached hydrogens (tertiary/aromatic N) is 3. The number of aryl methyl sites for hydroxylation is 1. The van der Waals surface area contributed by atoms with Gasteiger partial charge in [0, 0.05) is 30.8 Å². The summed E-state index contributed by atoms with van der Waals surface area (Å²) in [5.41, 5.74) is 2.31. The van der Waals surface area contributed by atoms with E-state index in [1.165, 1.54) is 18.3 Å². The first-order chi connectivity index (χ1) is 10.7. The highest BCUT2D eigenvalue weighted by Gasteiger charge is 2.11. The first-order valence-corrected chi connectivity index (χ1v) is 7.89. The van der Waals surface area contributed by atoms with Crippen molar-refractivity contribution in [2.75, 3.05) is 17.2 Å². The predicted octanol–water partition coefficient (Wildman–Crippen LogP) is 3.33. The third-order valence-corrected chi connectivity index (χ3v) is 3.83. The molecule has 5 nitrogen and oxygen atoms in total. The Kier molecular flexibility index (Phi) is 4.73. The topological polar surface area (TPSA) is 62.7 Å². The molecule has 0 aliphatic carbocycles. The molecule has 3 rings (SSSR count). The summed E-state index contributed by atoms with van der Waals surface area (Å²) in [6.45, 7) is 3.11. The highest BCUT2D eigenvalue weighted by molar-refractivity contribution is 6.29. The highest BCUT2D eigenvalue weighted by Crippen LogP contribution is 2.21. The monoisotopic (exact) mass is 316 g/mol. The van der Waals surface area contributed by atoms with Gasteiger partial charge in [0.05, 0.1) is 0 Å². The Morgan fingerprint density at radius 1 is 1.41 bits per heavy atom. The van der Waals surface area contributed by atoms with Crippen LogP contribution in [0.3, 0.4) is 0 Å². The molecule has 2 aromatic rings. The maximum Gasteiger partial charge on any atom is 0.134 e. The molecular formula is C16H19ClN5. The van der Waals surface area contributed by atoms with E-state index in [2.05, 4.69) is 51.1 Å². The lowest BCUT2D eigenvalue weighted by molar-refractivity contribution is 0.770. The molecule has 2 N–H and O–H groups in total. The Balaban J connectivity index is 1.55. The molecule has 1 aliphatic rings. The van der Waals surface area contributed by atoms with Crippen LogP contribution in [0.1, 0.15) is 31.0 Å². The van der Waals surface area contributed by atoms with E-state index in [1.807, 2.05) is 0 Å². The van der Waals surface area contributed by atoms with E-state index in [0.717, 1.165) is 36.7 Å². The first kappa shape index (κ1) is 15.0. The number of fused-ring (bicyclic) bond motifs is 1. The summed E-state index contributed by atoms with van der Waals surface area (Å²) < 4.78 is 0. The number of aromatic nitrogens is 3. The van der Waals surface area contributed by atoms with Gasteiger partial charge in [0.2, 0.25) is 0 Å². The van der Waals surface area contributed by atoms with Crippen LogP contribution >= 0.6 is 11.6 Å². The van der Waals surface area contributed by atoms with Crippen LogP contribution < -0.4 is 10.6 Å². The van der Waals surface area contributed by atoms with E-state index in [0.29, 0.717) is 5.15 Å². The summed E-state index contributed by atoms with van der Waals surface area (Å²) in [6.07, 6.45) is 6.74. The first-order valence-electron chi connectivity index (χ1n) is 7.52. The van der Waals surface area contributed by atoms with Crippen molar-refractivity contribution in [2.45, 2.75) is 32.2 Å². The van der Waals surface area contributed by atoms with Crippen molar-refractivity contribution in [3.8, 4) is 0 Å². The van der Waals surface area contributed by atoms with Gasteiger partial charge in [-0.25, -0.2) is 15.0 Å². The molecule has 0 spiro atoms. The van der Waals surface area contributed by atoms with E-state index in [1.54, 1.807) is 6.07 Å². The summed E-state index contributed by atoms with van der Waals surface area (Å²) in [5.74, 6) is 1.77. The minimum Gasteiger partial charge on any atom is -0.370 e. The van der Waals surface area contributed by atoms with Crippen molar-refractivity contribution in [1.82, 2.24) is 15.0 Å².